The van der Waals surface area contributed by atoms with Gasteiger partial charge in [-0.15, -0.1) is 0 Å². The summed E-state index contributed by atoms with van der Waals surface area (Å²) in [7, 11) is 0. The van der Waals surface area contributed by atoms with Crippen LogP contribution in [0.1, 0.15) is 43.3 Å². The fourth-order valence-electron chi connectivity index (χ4n) is 3.48. The Morgan fingerprint density at radius 1 is 1.26 bits per heavy atom. The predicted octanol–water partition coefficient (Wildman–Crippen LogP) is 2.84. The highest BCUT2D eigenvalue weighted by atomic mass is 16.3. The first-order chi connectivity index (χ1) is 15.0. The van der Waals surface area contributed by atoms with Gasteiger partial charge in [-0.2, -0.15) is 0 Å². The van der Waals surface area contributed by atoms with Crippen LogP contribution in [0.3, 0.4) is 0 Å². The fourth-order valence-corrected chi connectivity index (χ4v) is 3.48. The summed E-state index contributed by atoms with van der Waals surface area (Å²) in [5.74, 6) is 0.906. The molecule has 2 heterocycles. The van der Waals surface area contributed by atoms with E-state index < -0.39 is 0 Å². The van der Waals surface area contributed by atoms with E-state index in [1.807, 2.05) is 49.9 Å². The van der Waals surface area contributed by atoms with E-state index in [1.165, 1.54) is 6.26 Å². The van der Waals surface area contributed by atoms with Gasteiger partial charge in [0, 0.05) is 37.3 Å². The molecule has 2 aromatic rings. The fraction of sp³-hybridized carbons (Fsp3) is 0.435. The number of aliphatic imine (C=N–C) groups is 1. The Morgan fingerprint density at radius 3 is 2.81 bits per heavy atom. The van der Waals surface area contributed by atoms with Crippen LogP contribution in [0, 0.1) is 5.92 Å². The van der Waals surface area contributed by atoms with Crippen molar-refractivity contribution in [3.8, 4) is 0 Å². The number of nitrogens with one attached hydrogen (secondary N) is 3. The number of anilines is 1. The van der Waals surface area contributed by atoms with E-state index in [1.54, 1.807) is 12.1 Å². The maximum atomic E-state index is 12.2. The summed E-state index contributed by atoms with van der Waals surface area (Å²) >= 11 is 0. The van der Waals surface area contributed by atoms with Crippen molar-refractivity contribution in [3.63, 3.8) is 0 Å². The molecule has 166 valence electrons. The zero-order valence-electron chi connectivity index (χ0n) is 18.4. The summed E-state index contributed by atoms with van der Waals surface area (Å²) in [6.45, 7) is 8.54. The van der Waals surface area contributed by atoms with Crippen molar-refractivity contribution in [2.24, 2.45) is 10.9 Å². The second kappa shape index (κ2) is 10.7. The summed E-state index contributed by atoms with van der Waals surface area (Å²) < 4.78 is 5.13. The molecule has 1 aliphatic heterocycles. The van der Waals surface area contributed by atoms with E-state index in [9.17, 15) is 9.59 Å². The van der Waals surface area contributed by atoms with Gasteiger partial charge >= 0.3 is 0 Å². The molecule has 0 saturated carbocycles. The minimum absolute atomic E-state index is 0.0150. The maximum Gasteiger partial charge on any atom is 0.291 e. The molecule has 8 heteroatoms. The smallest absolute Gasteiger partial charge is 0.291 e. The second-order valence-electron chi connectivity index (χ2n) is 7.90. The molecule has 3 N–H and O–H groups in total. The van der Waals surface area contributed by atoms with Crippen LogP contribution in [0.5, 0.6) is 0 Å². The van der Waals surface area contributed by atoms with Gasteiger partial charge in [0.2, 0.25) is 5.91 Å². The molecule has 8 nitrogen and oxygen atoms in total. The van der Waals surface area contributed by atoms with Gasteiger partial charge in [-0.3, -0.25) is 9.59 Å². The molecular weight excluding hydrogens is 394 g/mol. The highest BCUT2D eigenvalue weighted by Crippen LogP contribution is 2.15. The molecule has 0 aliphatic carbocycles. The number of hydrogen-bond donors (Lipinski definition) is 3. The molecule has 3 rings (SSSR count). The van der Waals surface area contributed by atoms with Gasteiger partial charge in [0.1, 0.15) is 0 Å². The first kappa shape index (κ1) is 22.4. The highest BCUT2D eigenvalue weighted by molar-refractivity contribution is 6.02. The van der Waals surface area contributed by atoms with Crippen molar-refractivity contribution in [1.29, 1.82) is 0 Å². The Morgan fingerprint density at radius 2 is 2.10 bits per heavy atom. The number of rotatable bonds is 7. The Hall–Kier alpha value is -3.29. The maximum absolute atomic E-state index is 12.2. The molecule has 1 aromatic heterocycles. The van der Waals surface area contributed by atoms with Gasteiger partial charge in [-0.1, -0.05) is 26.0 Å². The summed E-state index contributed by atoms with van der Waals surface area (Å²) in [6.07, 6.45) is 2.37. The number of benzene rings is 1. The predicted molar refractivity (Wildman–Crippen MR) is 121 cm³/mol. The summed E-state index contributed by atoms with van der Waals surface area (Å²) in [5, 5.41) is 9.54. The topological polar surface area (TPSA) is 99.0 Å². The number of carbonyl (C=O) groups excluding carboxylic acids is 2. The Balaban J connectivity index is 1.59. The Bertz CT molecular complexity index is 908. The zero-order chi connectivity index (χ0) is 22.2. The molecule has 1 fully saturated rings. The van der Waals surface area contributed by atoms with E-state index in [4.69, 9.17) is 4.42 Å². The van der Waals surface area contributed by atoms with Crippen molar-refractivity contribution in [2.45, 2.75) is 39.8 Å². The molecule has 1 unspecified atom stereocenters. The molecule has 2 amide bonds. The summed E-state index contributed by atoms with van der Waals surface area (Å²) in [4.78, 5) is 31.0. The number of likely N-dealkylation sites (tertiary alicyclic amines) is 1. The molecular formula is C23H31N5O3. The minimum Gasteiger partial charge on any atom is -0.459 e. The van der Waals surface area contributed by atoms with Crippen LogP contribution in [-0.4, -0.2) is 48.3 Å². The number of carbonyl (C=O) groups is 2. The monoisotopic (exact) mass is 425 g/mol. The number of guanidine groups is 1. The normalized spacial score (nSPS) is 16.5. The van der Waals surface area contributed by atoms with Gasteiger partial charge in [-0.05, 0) is 43.2 Å². The SMILES string of the molecule is CCNC(=NCc1cccc(NC(=O)c2ccco2)c1)NC1CCN(C(=O)C(C)C)C1. The number of hydrogen-bond acceptors (Lipinski definition) is 4. The van der Waals surface area contributed by atoms with Gasteiger partial charge < -0.3 is 25.3 Å². The van der Waals surface area contributed by atoms with Crippen LogP contribution >= 0.6 is 0 Å². The summed E-state index contributed by atoms with van der Waals surface area (Å²) in [6, 6.07) is 11.1. The van der Waals surface area contributed by atoms with Gasteiger partial charge in [0.25, 0.3) is 5.91 Å². The average molecular weight is 426 g/mol. The second-order valence-corrected chi connectivity index (χ2v) is 7.90. The first-order valence-electron chi connectivity index (χ1n) is 10.7. The van der Waals surface area contributed by atoms with E-state index in [0.717, 1.165) is 31.0 Å². The van der Waals surface area contributed by atoms with Crippen molar-refractivity contribution >= 4 is 23.5 Å². The van der Waals surface area contributed by atoms with Crippen LogP contribution < -0.4 is 16.0 Å². The quantitative estimate of drug-likeness (QED) is 0.468. The molecule has 1 aliphatic rings. The van der Waals surface area contributed by atoms with Crippen LogP contribution in [0.15, 0.2) is 52.1 Å². The average Bonchev–Trinajstić information content (AvgIpc) is 3.44. The van der Waals surface area contributed by atoms with Crippen LogP contribution in [-0.2, 0) is 11.3 Å². The number of amides is 2. The van der Waals surface area contributed by atoms with Crippen LogP contribution in [0.2, 0.25) is 0 Å². The molecule has 0 bridgehead atoms. The minimum atomic E-state index is -0.289. The Kier molecular flexibility index (Phi) is 7.70. The third-order valence-electron chi connectivity index (χ3n) is 5.03. The first-order valence-corrected chi connectivity index (χ1v) is 10.7. The standard InChI is InChI=1S/C23H31N5O3/c1-4-24-23(27-19-10-11-28(15-19)22(30)16(2)3)25-14-17-7-5-8-18(13-17)26-21(29)20-9-6-12-31-20/h5-9,12-13,16,19H,4,10-11,14-15H2,1-3H3,(H,26,29)(H2,24,25,27). The van der Waals surface area contributed by atoms with E-state index in [0.29, 0.717) is 18.8 Å². The lowest BCUT2D eigenvalue weighted by atomic mass is 10.2. The summed E-state index contributed by atoms with van der Waals surface area (Å²) in [5.41, 5.74) is 1.66. The van der Waals surface area contributed by atoms with E-state index in [2.05, 4.69) is 20.9 Å². The van der Waals surface area contributed by atoms with Crippen molar-refractivity contribution in [3.05, 3.63) is 54.0 Å². The molecule has 1 saturated heterocycles. The molecule has 31 heavy (non-hydrogen) atoms. The van der Waals surface area contributed by atoms with Crippen LogP contribution in [0.4, 0.5) is 5.69 Å². The number of nitrogens with zero attached hydrogens (tertiary/aromatic N) is 2. The zero-order valence-corrected chi connectivity index (χ0v) is 18.4. The molecule has 0 radical (unpaired) electrons. The van der Waals surface area contributed by atoms with Gasteiger partial charge in [0.05, 0.1) is 12.8 Å². The lowest BCUT2D eigenvalue weighted by Crippen LogP contribution is -2.45. The van der Waals surface area contributed by atoms with E-state index >= 15 is 0 Å². The van der Waals surface area contributed by atoms with Crippen molar-refractivity contribution in [1.82, 2.24) is 15.5 Å². The highest BCUT2D eigenvalue weighted by Gasteiger charge is 2.27. The number of furan rings is 1. The Labute approximate surface area is 183 Å². The lowest BCUT2D eigenvalue weighted by molar-refractivity contribution is -0.133. The van der Waals surface area contributed by atoms with Gasteiger partial charge in [0.15, 0.2) is 11.7 Å². The molecule has 0 spiro atoms. The van der Waals surface area contributed by atoms with Crippen molar-refractivity contribution < 1.29 is 14.0 Å². The van der Waals surface area contributed by atoms with Crippen molar-refractivity contribution in [2.75, 3.05) is 25.0 Å². The third-order valence-corrected chi connectivity index (χ3v) is 5.03. The third kappa shape index (κ3) is 6.34. The van der Waals surface area contributed by atoms with E-state index in [-0.39, 0.29) is 29.5 Å². The molecule has 1 atom stereocenters. The largest absolute Gasteiger partial charge is 0.459 e. The molecule has 1 aromatic carbocycles. The lowest BCUT2D eigenvalue weighted by Gasteiger charge is -2.20. The van der Waals surface area contributed by atoms with Gasteiger partial charge in [-0.25, -0.2) is 4.99 Å². The van der Waals surface area contributed by atoms with Crippen LogP contribution in [0.25, 0.3) is 0 Å².